The van der Waals surface area contributed by atoms with E-state index in [9.17, 15) is 8.42 Å². The van der Waals surface area contributed by atoms with Crippen LogP contribution >= 0.6 is 10.7 Å². The smallest absolute Gasteiger partial charge is 0.207 e. The zero-order valence-electron chi connectivity index (χ0n) is 7.40. The first-order chi connectivity index (χ1) is 6.50. The Morgan fingerprint density at radius 2 is 1.86 bits per heavy atom. The van der Waals surface area contributed by atoms with E-state index in [1.54, 1.807) is 18.2 Å². The van der Waals surface area contributed by atoms with Crippen molar-refractivity contribution in [2.45, 2.75) is 4.90 Å². The number of hydrogen-bond donors (Lipinski definition) is 0. The van der Waals surface area contributed by atoms with Gasteiger partial charge in [-0.1, -0.05) is 37.4 Å². The maximum atomic E-state index is 11.2. The van der Waals surface area contributed by atoms with Gasteiger partial charge in [0.25, 0.3) is 9.05 Å². The van der Waals surface area contributed by atoms with E-state index in [2.05, 4.69) is 13.2 Å². The van der Waals surface area contributed by atoms with Gasteiger partial charge in [0.15, 0.2) is 0 Å². The molecule has 0 N–H and O–H groups in total. The molecule has 0 aromatic heterocycles. The highest BCUT2D eigenvalue weighted by atomic mass is 35.7. The van der Waals surface area contributed by atoms with Crippen molar-refractivity contribution in [3.8, 4) is 0 Å². The predicted molar refractivity (Wildman–Crippen MR) is 59.7 cm³/mol. The maximum Gasteiger partial charge on any atom is 0.261 e. The van der Waals surface area contributed by atoms with Gasteiger partial charge in [0.05, 0.1) is 4.90 Å². The van der Waals surface area contributed by atoms with Crippen LogP contribution in [0.3, 0.4) is 0 Å². The predicted octanol–water partition coefficient (Wildman–Crippen LogP) is 2.90. The first-order valence-corrected chi connectivity index (χ1v) is 6.14. The first-order valence-electron chi connectivity index (χ1n) is 3.83. The Kier molecular flexibility index (Phi) is 3.13. The third kappa shape index (κ3) is 2.05. The summed E-state index contributed by atoms with van der Waals surface area (Å²) in [6, 6.07) is 4.79. The van der Waals surface area contributed by atoms with Gasteiger partial charge in [0.2, 0.25) is 0 Å². The Labute approximate surface area is 87.9 Å². The van der Waals surface area contributed by atoms with Gasteiger partial charge in [0, 0.05) is 16.2 Å². The van der Waals surface area contributed by atoms with Crippen molar-refractivity contribution in [2.24, 2.45) is 0 Å². The number of hydrogen-bond acceptors (Lipinski definition) is 2. The van der Waals surface area contributed by atoms with Crippen LogP contribution in [-0.2, 0) is 9.05 Å². The van der Waals surface area contributed by atoms with Gasteiger partial charge in [-0.2, -0.15) is 0 Å². The summed E-state index contributed by atoms with van der Waals surface area (Å²) in [7, 11) is 1.54. The molecule has 0 saturated carbocycles. The lowest BCUT2D eigenvalue weighted by molar-refractivity contribution is 0.609. The molecule has 0 aliphatic heterocycles. The summed E-state index contributed by atoms with van der Waals surface area (Å²) in [5, 5.41) is 0. The number of halogens is 1. The molecule has 1 rings (SSSR count). The molecule has 0 fully saturated rings. The van der Waals surface area contributed by atoms with Crippen LogP contribution in [0.25, 0.3) is 12.2 Å². The van der Waals surface area contributed by atoms with Crippen LogP contribution in [0.1, 0.15) is 11.1 Å². The molecule has 0 aliphatic carbocycles. The van der Waals surface area contributed by atoms with Gasteiger partial charge < -0.3 is 0 Å². The molecule has 1 aromatic rings. The van der Waals surface area contributed by atoms with Crippen molar-refractivity contribution in [2.75, 3.05) is 0 Å². The monoisotopic (exact) mass is 228 g/mol. The Morgan fingerprint density at radius 1 is 1.21 bits per heavy atom. The molecule has 4 heteroatoms. The lowest BCUT2D eigenvalue weighted by atomic mass is 10.1. The summed E-state index contributed by atoms with van der Waals surface area (Å²) >= 11 is 0. The molecule has 0 saturated heterocycles. The first kappa shape index (κ1) is 11.0. The summed E-state index contributed by atoms with van der Waals surface area (Å²) in [5.74, 6) is 0. The molecule has 0 amide bonds. The van der Waals surface area contributed by atoms with E-state index in [4.69, 9.17) is 10.7 Å². The molecule has 0 radical (unpaired) electrons. The topological polar surface area (TPSA) is 34.1 Å². The van der Waals surface area contributed by atoms with E-state index < -0.39 is 9.05 Å². The molecule has 14 heavy (non-hydrogen) atoms. The Hall–Kier alpha value is -1.06. The highest BCUT2D eigenvalue weighted by molar-refractivity contribution is 8.13. The number of benzene rings is 1. The minimum absolute atomic E-state index is 0.0616. The quantitative estimate of drug-likeness (QED) is 0.746. The summed E-state index contributed by atoms with van der Waals surface area (Å²) in [6.45, 7) is 7.12. The number of rotatable bonds is 3. The van der Waals surface area contributed by atoms with E-state index in [0.717, 1.165) is 0 Å². The van der Waals surface area contributed by atoms with E-state index in [0.29, 0.717) is 11.1 Å². The molecule has 2 nitrogen and oxygen atoms in total. The van der Waals surface area contributed by atoms with Crippen molar-refractivity contribution in [1.29, 1.82) is 0 Å². The van der Waals surface area contributed by atoms with Crippen LogP contribution in [0.15, 0.2) is 36.3 Å². The average molecular weight is 229 g/mol. The van der Waals surface area contributed by atoms with E-state index >= 15 is 0 Å². The fourth-order valence-corrected chi connectivity index (χ4v) is 2.28. The van der Waals surface area contributed by atoms with Crippen molar-refractivity contribution >= 4 is 31.9 Å². The summed E-state index contributed by atoms with van der Waals surface area (Å²) in [6.07, 6.45) is 3.01. The van der Waals surface area contributed by atoms with Crippen LogP contribution < -0.4 is 0 Å². The van der Waals surface area contributed by atoms with Crippen molar-refractivity contribution in [3.05, 3.63) is 42.5 Å². The fourth-order valence-electron chi connectivity index (χ4n) is 1.17. The van der Waals surface area contributed by atoms with E-state index in [-0.39, 0.29) is 4.90 Å². The molecule has 0 aliphatic rings. The van der Waals surface area contributed by atoms with Gasteiger partial charge in [0.1, 0.15) is 0 Å². The zero-order chi connectivity index (χ0) is 10.8. The van der Waals surface area contributed by atoms with Crippen LogP contribution in [0.2, 0.25) is 0 Å². The second-order valence-electron chi connectivity index (χ2n) is 2.61. The van der Waals surface area contributed by atoms with Gasteiger partial charge >= 0.3 is 0 Å². The Morgan fingerprint density at radius 3 is 2.29 bits per heavy atom. The fraction of sp³-hybridized carbons (Fsp3) is 0. The molecule has 0 heterocycles. The van der Waals surface area contributed by atoms with Crippen molar-refractivity contribution in [3.63, 3.8) is 0 Å². The highest BCUT2D eigenvalue weighted by Gasteiger charge is 2.14. The molecule has 0 unspecified atom stereocenters. The van der Waals surface area contributed by atoms with Crippen molar-refractivity contribution in [1.82, 2.24) is 0 Å². The maximum absolute atomic E-state index is 11.2. The van der Waals surface area contributed by atoms with Gasteiger partial charge in [-0.05, 0) is 11.6 Å². The molecule has 0 spiro atoms. The summed E-state index contributed by atoms with van der Waals surface area (Å²) in [5.41, 5.74) is 1.18. The highest BCUT2D eigenvalue weighted by Crippen LogP contribution is 2.24. The normalized spacial score (nSPS) is 10.9. The molecule has 0 atom stereocenters. The second kappa shape index (κ2) is 3.98. The largest absolute Gasteiger partial charge is 0.261 e. The Bertz CT molecular complexity index is 475. The molecular formula is C10H9ClO2S. The molecule has 0 bridgehead atoms. The van der Waals surface area contributed by atoms with Crippen LogP contribution in [0.4, 0.5) is 0 Å². The molecule has 74 valence electrons. The molecular weight excluding hydrogens is 220 g/mol. The molecule has 1 aromatic carbocycles. The zero-order valence-corrected chi connectivity index (χ0v) is 8.98. The average Bonchev–Trinajstić information content (AvgIpc) is 2.15. The van der Waals surface area contributed by atoms with Gasteiger partial charge in [-0.3, -0.25) is 0 Å². The van der Waals surface area contributed by atoms with Crippen LogP contribution in [-0.4, -0.2) is 8.42 Å². The third-order valence-corrected chi connectivity index (χ3v) is 3.17. The summed E-state index contributed by atoms with van der Waals surface area (Å²) in [4.78, 5) is 0.0616. The minimum Gasteiger partial charge on any atom is -0.207 e. The van der Waals surface area contributed by atoms with Gasteiger partial charge in [-0.25, -0.2) is 8.42 Å². The Balaban J connectivity index is 3.61. The second-order valence-corrected chi connectivity index (χ2v) is 5.14. The lowest BCUT2D eigenvalue weighted by Crippen LogP contribution is -1.95. The van der Waals surface area contributed by atoms with Gasteiger partial charge in [-0.15, -0.1) is 0 Å². The lowest BCUT2D eigenvalue weighted by Gasteiger charge is -2.05. The van der Waals surface area contributed by atoms with E-state index in [1.807, 2.05) is 0 Å². The summed E-state index contributed by atoms with van der Waals surface area (Å²) < 4.78 is 22.3. The van der Waals surface area contributed by atoms with Crippen molar-refractivity contribution < 1.29 is 8.42 Å². The van der Waals surface area contributed by atoms with Crippen LogP contribution in [0, 0.1) is 0 Å². The minimum atomic E-state index is -3.72. The third-order valence-electron chi connectivity index (χ3n) is 1.79. The van der Waals surface area contributed by atoms with E-state index in [1.165, 1.54) is 12.1 Å². The SMILES string of the molecule is C=Cc1cccc(S(=O)(=O)Cl)c1C=C. The van der Waals surface area contributed by atoms with Crippen LogP contribution in [0.5, 0.6) is 0 Å². The standard InChI is InChI=1S/C10H9ClO2S/c1-3-8-6-5-7-10(9(8)4-2)14(11,12)13/h3-7H,1-2H2.